The number of aryl methyl sites for hydroxylation is 1. The summed E-state index contributed by atoms with van der Waals surface area (Å²) in [5.74, 6) is -0.610. The predicted molar refractivity (Wildman–Crippen MR) is 99.8 cm³/mol. The zero-order chi connectivity index (χ0) is 17.9. The first-order chi connectivity index (χ1) is 11.2. The van der Waals surface area contributed by atoms with E-state index in [0.717, 1.165) is 5.56 Å². The molecule has 0 saturated heterocycles. The quantitative estimate of drug-likeness (QED) is 0.645. The minimum atomic E-state index is -3.84. The molecule has 0 amide bonds. The SMILES string of the molecule is CCOC(=O)c1cc(Br)cc(Br)c1NS(=O)(=O)c1ccc(C)cc1. The lowest BCUT2D eigenvalue weighted by Crippen LogP contribution is -2.17. The molecule has 0 fully saturated rings. The Morgan fingerprint density at radius 2 is 1.79 bits per heavy atom. The Kier molecular flexibility index (Phi) is 6.06. The molecule has 2 aromatic carbocycles. The van der Waals surface area contributed by atoms with E-state index >= 15 is 0 Å². The maximum Gasteiger partial charge on any atom is 0.340 e. The van der Waals surface area contributed by atoms with Crippen LogP contribution in [0, 0.1) is 6.92 Å². The lowest BCUT2D eigenvalue weighted by atomic mass is 10.2. The van der Waals surface area contributed by atoms with Gasteiger partial charge in [-0.05, 0) is 54.0 Å². The summed E-state index contributed by atoms with van der Waals surface area (Å²) >= 11 is 6.57. The van der Waals surface area contributed by atoms with Gasteiger partial charge >= 0.3 is 5.97 Å². The van der Waals surface area contributed by atoms with Crippen molar-refractivity contribution in [2.24, 2.45) is 0 Å². The highest BCUT2D eigenvalue weighted by Gasteiger charge is 2.22. The second kappa shape index (κ2) is 7.67. The van der Waals surface area contributed by atoms with Crippen molar-refractivity contribution in [2.45, 2.75) is 18.7 Å². The molecule has 0 spiro atoms. The van der Waals surface area contributed by atoms with E-state index < -0.39 is 16.0 Å². The number of sulfonamides is 1. The minimum absolute atomic E-state index is 0.109. The molecule has 0 aliphatic carbocycles. The van der Waals surface area contributed by atoms with Crippen molar-refractivity contribution in [1.82, 2.24) is 0 Å². The van der Waals surface area contributed by atoms with Crippen LogP contribution in [0.1, 0.15) is 22.8 Å². The summed E-state index contributed by atoms with van der Waals surface area (Å²) in [6.45, 7) is 3.74. The molecule has 0 heterocycles. The normalized spacial score (nSPS) is 11.2. The van der Waals surface area contributed by atoms with Crippen LogP contribution in [0.4, 0.5) is 5.69 Å². The minimum Gasteiger partial charge on any atom is -0.462 e. The fourth-order valence-electron chi connectivity index (χ4n) is 1.96. The molecule has 24 heavy (non-hydrogen) atoms. The van der Waals surface area contributed by atoms with E-state index in [1.165, 1.54) is 18.2 Å². The van der Waals surface area contributed by atoms with Gasteiger partial charge in [-0.1, -0.05) is 33.6 Å². The largest absolute Gasteiger partial charge is 0.462 e. The van der Waals surface area contributed by atoms with E-state index in [4.69, 9.17) is 4.74 Å². The molecule has 0 atom stereocenters. The lowest BCUT2D eigenvalue weighted by Gasteiger charge is -2.14. The van der Waals surface area contributed by atoms with E-state index in [1.807, 2.05) is 6.92 Å². The summed E-state index contributed by atoms with van der Waals surface area (Å²) in [7, 11) is -3.84. The second-order valence-electron chi connectivity index (χ2n) is 4.95. The molecule has 0 aliphatic heterocycles. The summed E-state index contributed by atoms with van der Waals surface area (Å²) in [6.07, 6.45) is 0. The zero-order valence-electron chi connectivity index (χ0n) is 13.0. The highest BCUT2D eigenvalue weighted by molar-refractivity contribution is 9.11. The third-order valence-corrected chi connectivity index (χ3v) is 5.57. The molecule has 1 N–H and O–H groups in total. The number of hydrogen-bond donors (Lipinski definition) is 1. The van der Waals surface area contributed by atoms with Gasteiger partial charge in [0, 0.05) is 8.95 Å². The maximum atomic E-state index is 12.6. The number of halogens is 2. The zero-order valence-corrected chi connectivity index (χ0v) is 17.0. The number of esters is 1. The van der Waals surface area contributed by atoms with Crippen molar-refractivity contribution in [1.29, 1.82) is 0 Å². The van der Waals surface area contributed by atoms with Crippen molar-refractivity contribution in [3.63, 3.8) is 0 Å². The number of ether oxygens (including phenoxy) is 1. The van der Waals surface area contributed by atoms with Gasteiger partial charge in [-0.15, -0.1) is 0 Å². The summed E-state index contributed by atoms with van der Waals surface area (Å²) in [6, 6.07) is 9.59. The number of carbonyl (C=O) groups excluding carboxylic acids is 1. The van der Waals surface area contributed by atoms with E-state index in [9.17, 15) is 13.2 Å². The van der Waals surface area contributed by atoms with Crippen molar-refractivity contribution in [3.05, 3.63) is 56.5 Å². The van der Waals surface area contributed by atoms with Gasteiger partial charge < -0.3 is 4.74 Å². The number of carbonyl (C=O) groups is 1. The Morgan fingerprint density at radius 3 is 2.38 bits per heavy atom. The van der Waals surface area contributed by atoms with Crippen LogP contribution in [0.2, 0.25) is 0 Å². The van der Waals surface area contributed by atoms with Gasteiger partial charge in [-0.3, -0.25) is 4.72 Å². The summed E-state index contributed by atoms with van der Waals surface area (Å²) in [4.78, 5) is 12.2. The highest BCUT2D eigenvalue weighted by atomic mass is 79.9. The van der Waals surface area contributed by atoms with E-state index in [1.54, 1.807) is 25.1 Å². The van der Waals surface area contributed by atoms with Crippen LogP contribution >= 0.6 is 31.9 Å². The number of rotatable bonds is 5. The smallest absolute Gasteiger partial charge is 0.340 e. The first-order valence-electron chi connectivity index (χ1n) is 7.00. The Bertz CT molecular complexity index is 864. The predicted octanol–water partition coefficient (Wildman–Crippen LogP) is 4.50. The highest BCUT2D eigenvalue weighted by Crippen LogP contribution is 2.33. The summed E-state index contributed by atoms with van der Waals surface area (Å²) < 4.78 is 33.7. The van der Waals surface area contributed by atoms with Gasteiger partial charge in [-0.2, -0.15) is 0 Å². The summed E-state index contributed by atoms with van der Waals surface area (Å²) in [5, 5.41) is 0. The second-order valence-corrected chi connectivity index (χ2v) is 8.40. The van der Waals surface area contributed by atoms with Crippen molar-refractivity contribution < 1.29 is 17.9 Å². The molecule has 128 valence electrons. The molecule has 8 heteroatoms. The van der Waals surface area contributed by atoms with Crippen LogP contribution in [-0.2, 0) is 14.8 Å². The third-order valence-electron chi connectivity index (χ3n) is 3.12. The Hall–Kier alpha value is -1.38. The molecule has 2 aromatic rings. The molecule has 5 nitrogen and oxygen atoms in total. The number of nitrogens with one attached hydrogen (secondary N) is 1. The Balaban J connectivity index is 2.48. The molecule has 0 aliphatic rings. The van der Waals surface area contributed by atoms with Crippen LogP contribution < -0.4 is 4.72 Å². The fourth-order valence-corrected chi connectivity index (χ4v) is 4.51. The maximum absolute atomic E-state index is 12.6. The number of hydrogen-bond acceptors (Lipinski definition) is 4. The van der Waals surface area contributed by atoms with Gasteiger partial charge in [-0.25, -0.2) is 13.2 Å². The van der Waals surface area contributed by atoms with Crippen LogP contribution in [0.5, 0.6) is 0 Å². The van der Waals surface area contributed by atoms with E-state index in [0.29, 0.717) is 8.95 Å². The van der Waals surface area contributed by atoms with Crippen molar-refractivity contribution in [3.8, 4) is 0 Å². The van der Waals surface area contributed by atoms with Gasteiger partial charge in [0.1, 0.15) is 0 Å². The van der Waals surface area contributed by atoms with Crippen LogP contribution in [0.3, 0.4) is 0 Å². The molecule has 0 unspecified atom stereocenters. The Morgan fingerprint density at radius 1 is 1.17 bits per heavy atom. The van der Waals surface area contributed by atoms with Gasteiger partial charge in [0.2, 0.25) is 0 Å². The van der Waals surface area contributed by atoms with E-state index in [2.05, 4.69) is 36.6 Å². The lowest BCUT2D eigenvalue weighted by molar-refractivity contribution is 0.0527. The van der Waals surface area contributed by atoms with Crippen LogP contribution in [0.15, 0.2) is 50.2 Å². The fraction of sp³-hybridized carbons (Fsp3) is 0.188. The molecule has 0 bridgehead atoms. The number of benzene rings is 2. The molecular formula is C16H15Br2NO4S. The summed E-state index contributed by atoms with van der Waals surface area (Å²) in [5.41, 5.74) is 1.21. The molecule has 2 rings (SSSR count). The topological polar surface area (TPSA) is 72.5 Å². The van der Waals surface area contributed by atoms with Crippen LogP contribution in [-0.4, -0.2) is 21.0 Å². The van der Waals surface area contributed by atoms with Gasteiger partial charge in [0.25, 0.3) is 10.0 Å². The van der Waals surface area contributed by atoms with Crippen LogP contribution in [0.25, 0.3) is 0 Å². The first kappa shape index (κ1) is 19.0. The standard InChI is InChI=1S/C16H15Br2NO4S/c1-3-23-16(20)13-8-11(17)9-14(18)15(13)19-24(21,22)12-6-4-10(2)5-7-12/h4-9,19H,3H2,1-2H3. The van der Waals surface area contributed by atoms with Gasteiger partial charge in [0.05, 0.1) is 22.8 Å². The molecule has 0 saturated carbocycles. The number of anilines is 1. The van der Waals surface area contributed by atoms with Crippen molar-refractivity contribution in [2.75, 3.05) is 11.3 Å². The average molecular weight is 477 g/mol. The van der Waals surface area contributed by atoms with Gasteiger partial charge in [0.15, 0.2) is 0 Å². The van der Waals surface area contributed by atoms with Crippen molar-refractivity contribution >= 4 is 53.5 Å². The Labute approximate surface area is 157 Å². The molecular weight excluding hydrogens is 462 g/mol. The third kappa shape index (κ3) is 4.37. The monoisotopic (exact) mass is 475 g/mol. The van der Waals surface area contributed by atoms with E-state index in [-0.39, 0.29) is 22.8 Å². The average Bonchev–Trinajstić information content (AvgIpc) is 2.50. The molecule has 0 aromatic heterocycles. The first-order valence-corrected chi connectivity index (χ1v) is 10.1. The molecule has 0 radical (unpaired) electrons.